The number of morpholine rings is 1. The van der Waals surface area contributed by atoms with Gasteiger partial charge in [0.2, 0.25) is 5.91 Å². The van der Waals surface area contributed by atoms with E-state index in [2.05, 4.69) is 22.9 Å². The molecule has 0 N–H and O–H groups in total. The number of ether oxygens (including phenoxy) is 2. The molecule has 2 saturated heterocycles. The Morgan fingerprint density at radius 1 is 1.21 bits per heavy atom. The number of nitrogens with zero attached hydrogens (tertiary/aromatic N) is 5. The highest BCUT2D eigenvalue weighted by Gasteiger charge is 2.30. The highest BCUT2D eigenvalue weighted by atomic mass is 16.5. The zero-order valence-electron chi connectivity index (χ0n) is 19.4. The SMILES string of the molecule is COc1cccc(CC(=O)N2CC[C@@H](c3ccnc4c(CN5CCOCC5)c(C)nn34)C2)c1. The molecule has 2 aliphatic heterocycles. The minimum absolute atomic E-state index is 0.153. The smallest absolute Gasteiger partial charge is 0.227 e. The molecule has 3 aromatic rings. The minimum Gasteiger partial charge on any atom is -0.497 e. The summed E-state index contributed by atoms with van der Waals surface area (Å²) in [5.74, 6) is 1.18. The molecule has 8 heteroatoms. The van der Waals surface area contributed by atoms with Crippen molar-refractivity contribution in [1.82, 2.24) is 24.4 Å². The van der Waals surface area contributed by atoms with E-state index in [0.29, 0.717) is 13.0 Å². The van der Waals surface area contributed by atoms with Crippen molar-refractivity contribution in [3.8, 4) is 5.75 Å². The van der Waals surface area contributed by atoms with Gasteiger partial charge in [0.05, 0.1) is 38.1 Å². The van der Waals surface area contributed by atoms with Crippen LogP contribution in [0.3, 0.4) is 0 Å². The van der Waals surface area contributed by atoms with Crippen LogP contribution in [0.25, 0.3) is 5.65 Å². The first-order chi connectivity index (χ1) is 16.1. The summed E-state index contributed by atoms with van der Waals surface area (Å²) in [6.07, 6.45) is 3.20. The molecular weight excluding hydrogens is 418 g/mol. The van der Waals surface area contributed by atoms with E-state index in [1.54, 1.807) is 7.11 Å². The molecule has 0 bridgehead atoms. The predicted octanol–water partition coefficient (Wildman–Crippen LogP) is 2.44. The van der Waals surface area contributed by atoms with Crippen LogP contribution in [-0.4, -0.2) is 76.8 Å². The Morgan fingerprint density at radius 3 is 2.88 bits per heavy atom. The number of rotatable bonds is 6. The van der Waals surface area contributed by atoms with Gasteiger partial charge in [-0.05, 0) is 37.1 Å². The van der Waals surface area contributed by atoms with Crippen molar-refractivity contribution in [2.24, 2.45) is 0 Å². The first-order valence-electron chi connectivity index (χ1n) is 11.7. The Hall–Kier alpha value is -2.97. The number of amides is 1. The third-order valence-corrected chi connectivity index (χ3v) is 6.78. The van der Waals surface area contributed by atoms with Gasteiger partial charge >= 0.3 is 0 Å². The topological polar surface area (TPSA) is 72.2 Å². The third kappa shape index (κ3) is 4.58. The molecule has 0 spiro atoms. The van der Waals surface area contributed by atoms with Gasteiger partial charge in [0.25, 0.3) is 0 Å². The zero-order valence-corrected chi connectivity index (χ0v) is 19.4. The first-order valence-corrected chi connectivity index (χ1v) is 11.7. The molecule has 0 saturated carbocycles. The fourth-order valence-corrected chi connectivity index (χ4v) is 4.89. The van der Waals surface area contributed by atoms with E-state index in [0.717, 1.165) is 74.2 Å². The highest BCUT2D eigenvalue weighted by molar-refractivity contribution is 5.79. The minimum atomic E-state index is 0.153. The van der Waals surface area contributed by atoms with E-state index in [1.165, 1.54) is 5.56 Å². The molecule has 1 atom stereocenters. The fraction of sp³-hybridized carbons (Fsp3) is 0.480. The number of aromatic nitrogens is 3. The molecule has 2 fully saturated rings. The van der Waals surface area contributed by atoms with Gasteiger partial charge in [0.1, 0.15) is 5.75 Å². The number of carbonyl (C=O) groups excluding carboxylic acids is 1. The van der Waals surface area contributed by atoms with E-state index in [1.807, 2.05) is 39.9 Å². The van der Waals surface area contributed by atoms with Crippen LogP contribution in [0, 0.1) is 6.92 Å². The van der Waals surface area contributed by atoms with Crippen molar-refractivity contribution in [2.45, 2.75) is 32.2 Å². The van der Waals surface area contributed by atoms with E-state index >= 15 is 0 Å². The molecule has 2 aromatic heterocycles. The molecule has 0 radical (unpaired) electrons. The lowest BCUT2D eigenvalue weighted by molar-refractivity contribution is -0.129. The Bertz CT molecular complexity index is 1140. The van der Waals surface area contributed by atoms with Crippen molar-refractivity contribution < 1.29 is 14.3 Å². The first kappa shape index (κ1) is 21.9. The molecule has 4 heterocycles. The standard InChI is InChI=1S/C25H31N5O3/c1-18-22(17-28-10-12-33-13-11-28)25-26-8-6-23(30(25)27-18)20-7-9-29(16-20)24(31)15-19-4-3-5-21(14-19)32-2/h3-6,8,14,20H,7,9-13,15-17H2,1-2H3/t20-/m1/s1. The zero-order chi connectivity index (χ0) is 22.8. The van der Waals surface area contributed by atoms with E-state index in [-0.39, 0.29) is 11.8 Å². The molecule has 33 heavy (non-hydrogen) atoms. The number of benzene rings is 1. The molecular formula is C25H31N5O3. The van der Waals surface area contributed by atoms with Crippen LogP contribution < -0.4 is 4.74 Å². The molecule has 0 unspecified atom stereocenters. The lowest BCUT2D eigenvalue weighted by Crippen LogP contribution is -2.35. The van der Waals surface area contributed by atoms with Gasteiger partial charge in [-0.1, -0.05) is 12.1 Å². The fourth-order valence-electron chi connectivity index (χ4n) is 4.89. The van der Waals surface area contributed by atoms with Crippen LogP contribution in [0.1, 0.15) is 34.9 Å². The lowest BCUT2D eigenvalue weighted by atomic mass is 10.0. The Balaban J connectivity index is 1.31. The van der Waals surface area contributed by atoms with Crippen LogP contribution in [0.2, 0.25) is 0 Å². The molecule has 174 valence electrons. The Labute approximate surface area is 194 Å². The Kier molecular flexibility index (Phi) is 6.28. The maximum absolute atomic E-state index is 13.0. The second-order valence-electron chi connectivity index (χ2n) is 8.91. The summed E-state index contributed by atoms with van der Waals surface area (Å²) >= 11 is 0. The summed E-state index contributed by atoms with van der Waals surface area (Å²) in [6, 6.07) is 9.78. The van der Waals surface area contributed by atoms with Gasteiger partial charge in [0.15, 0.2) is 5.65 Å². The van der Waals surface area contributed by atoms with Gasteiger partial charge in [-0.15, -0.1) is 0 Å². The van der Waals surface area contributed by atoms with E-state index in [4.69, 9.17) is 14.6 Å². The number of likely N-dealkylation sites (tertiary alicyclic amines) is 1. The summed E-state index contributed by atoms with van der Waals surface area (Å²) in [7, 11) is 1.64. The summed E-state index contributed by atoms with van der Waals surface area (Å²) in [6.45, 7) is 7.79. The van der Waals surface area contributed by atoms with Crippen LogP contribution in [-0.2, 0) is 22.5 Å². The van der Waals surface area contributed by atoms with Crippen LogP contribution in [0.5, 0.6) is 5.75 Å². The summed E-state index contributed by atoms with van der Waals surface area (Å²) in [4.78, 5) is 22.0. The molecule has 8 nitrogen and oxygen atoms in total. The summed E-state index contributed by atoms with van der Waals surface area (Å²) in [5, 5.41) is 4.86. The van der Waals surface area contributed by atoms with Crippen LogP contribution in [0.4, 0.5) is 0 Å². The summed E-state index contributed by atoms with van der Waals surface area (Å²) in [5.41, 5.74) is 5.24. The highest BCUT2D eigenvalue weighted by Crippen LogP contribution is 2.29. The maximum Gasteiger partial charge on any atom is 0.227 e. The van der Waals surface area contributed by atoms with Crippen molar-refractivity contribution in [1.29, 1.82) is 0 Å². The van der Waals surface area contributed by atoms with Crippen molar-refractivity contribution in [3.05, 3.63) is 59.0 Å². The number of aryl methyl sites for hydroxylation is 1. The molecule has 1 aromatic carbocycles. The van der Waals surface area contributed by atoms with Gasteiger partial charge in [-0.2, -0.15) is 5.10 Å². The number of hydrogen-bond donors (Lipinski definition) is 0. The average molecular weight is 450 g/mol. The van der Waals surface area contributed by atoms with Gasteiger partial charge in [-0.25, -0.2) is 9.50 Å². The van der Waals surface area contributed by atoms with Crippen molar-refractivity contribution >= 4 is 11.6 Å². The van der Waals surface area contributed by atoms with Crippen LogP contribution in [0.15, 0.2) is 36.5 Å². The van der Waals surface area contributed by atoms with Crippen LogP contribution >= 0.6 is 0 Å². The Morgan fingerprint density at radius 2 is 2.06 bits per heavy atom. The summed E-state index contributed by atoms with van der Waals surface area (Å²) < 4.78 is 12.8. The predicted molar refractivity (Wildman–Crippen MR) is 124 cm³/mol. The third-order valence-electron chi connectivity index (χ3n) is 6.78. The second-order valence-corrected chi connectivity index (χ2v) is 8.91. The lowest BCUT2D eigenvalue weighted by Gasteiger charge is -2.26. The van der Waals surface area contributed by atoms with Crippen molar-refractivity contribution in [3.63, 3.8) is 0 Å². The van der Waals surface area contributed by atoms with E-state index in [9.17, 15) is 4.79 Å². The van der Waals surface area contributed by atoms with Gasteiger partial charge < -0.3 is 14.4 Å². The van der Waals surface area contributed by atoms with Gasteiger partial charge in [-0.3, -0.25) is 9.69 Å². The van der Waals surface area contributed by atoms with Crippen molar-refractivity contribution in [2.75, 3.05) is 46.5 Å². The molecule has 2 aliphatic rings. The second kappa shape index (κ2) is 9.49. The normalized spacial score (nSPS) is 19.3. The largest absolute Gasteiger partial charge is 0.497 e. The average Bonchev–Trinajstić information content (AvgIpc) is 3.45. The number of carbonyl (C=O) groups is 1. The number of hydrogen-bond acceptors (Lipinski definition) is 6. The van der Waals surface area contributed by atoms with E-state index < -0.39 is 0 Å². The quantitative estimate of drug-likeness (QED) is 0.576. The van der Waals surface area contributed by atoms with Gasteiger partial charge in [0, 0.05) is 50.4 Å². The molecule has 1 amide bonds. The monoisotopic (exact) mass is 449 g/mol. The number of fused-ring (bicyclic) bond motifs is 1. The maximum atomic E-state index is 13.0. The molecule has 0 aliphatic carbocycles. The number of methoxy groups -OCH3 is 1. The molecule has 5 rings (SSSR count).